The number of rotatable bonds is 9. The van der Waals surface area contributed by atoms with Gasteiger partial charge in [0.15, 0.2) is 34.9 Å². The fourth-order valence-corrected chi connectivity index (χ4v) is 17.1. The molecule has 4 aromatic heterocycles. The van der Waals surface area contributed by atoms with Gasteiger partial charge in [0.25, 0.3) is 0 Å². The minimum absolute atomic E-state index is 0.0284. The Kier molecular flexibility index (Phi) is 13.1. The minimum Gasteiger partial charge on any atom is -0.208 e. The first-order valence-corrected chi connectivity index (χ1v) is 33.2. The van der Waals surface area contributed by atoms with Crippen LogP contribution in [0, 0.1) is 0 Å². The number of benzene rings is 10. The van der Waals surface area contributed by atoms with E-state index in [0.29, 0.717) is 34.9 Å². The molecule has 0 amide bonds. The molecule has 0 N–H and O–H groups in total. The van der Waals surface area contributed by atoms with Crippen molar-refractivity contribution in [1.29, 1.82) is 0 Å². The van der Waals surface area contributed by atoms with Gasteiger partial charge in [-0.25, -0.2) is 29.9 Å². The van der Waals surface area contributed by atoms with Crippen LogP contribution in [-0.4, -0.2) is 29.9 Å². The van der Waals surface area contributed by atoms with E-state index in [2.05, 4.69) is 262 Å². The average Bonchev–Trinajstić information content (AvgIpc) is 0.936. The van der Waals surface area contributed by atoms with Crippen LogP contribution in [0.15, 0.2) is 224 Å². The number of aromatic nitrogens is 6. The fraction of sp³-hybridized carbons (Fsp3) is 0.195. The molecule has 2 aliphatic carbocycles. The van der Waals surface area contributed by atoms with Crippen molar-refractivity contribution in [2.45, 2.75) is 102 Å². The summed E-state index contributed by atoms with van der Waals surface area (Å²) in [4.78, 5) is 32.3. The van der Waals surface area contributed by atoms with Crippen LogP contribution in [0.25, 0.3) is 131 Å². The molecule has 0 saturated carbocycles. The van der Waals surface area contributed by atoms with Crippen molar-refractivity contribution in [1.82, 2.24) is 29.9 Å². The maximum absolute atomic E-state index is 5.50. The third kappa shape index (κ3) is 9.57. The van der Waals surface area contributed by atoms with Crippen LogP contribution in [0.5, 0.6) is 0 Å². The molecule has 8 heteroatoms. The van der Waals surface area contributed by atoms with E-state index in [4.69, 9.17) is 29.9 Å². The third-order valence-corrected chi connectivity index (χ3v) is 22.4. The maximum Gasteiger partial charge on any atom is 0.165 e. The van der Waals surface area contributed by atoms with Crippen molar-refractivity contribution in [3.05, 3.63) is 252 Å². The summed E-state index contributed by atoms with van der Waals surface area (Å²) >= 11 is 3.65. The van der Waals surface area contributed by atoms with Crippen LogP contribution < -0.4 is 0 Å². The molecule has 0 radical (unpaired) electrons. The second kappa shape index (κ2) is 21.1. The van der Waals surface area contributed by atoms with E-state index < -0.39 is 0 Å². The molecule has 4 heterocycles. The van der Waals surface area contributed by atoms with E-state index in [0.717, 1.165) is 74.9 Å². The van der Waals surface area contributed by atoms with E-state index in [9.17, 15) is 0 Å². The molecule has 10 aromatic carbocycles. The van der Waals surface area contributed by atoms with Gasteiger partial charge >= 0.3 is 0 Å². The molecule has 0 fully saturated rings. The lowest BCUT2D eigenvalue weighted by Gasteiger charge is -2.48. The summed E-state index contributed by atoms with van der Waals surface area (Å²) in [5.74, 6) is 4.24. The zero-order valence-corrected chi connectivity index (χ0v) is 53.7. The number of fused-ring (bicyclic) bond motifs is 8. The summed E-state index contributed by atoms with van der Waals surface area (Å²) in [6.07, 6.45) is 3.24. The Morgan fingerprint density at radius 1 is 0.300 bits per heavy atom. The highest BCUT2D eigenvalue weighted by atomic mass is 32.1. The van der Waals surface area contributed by atoms with Crippen molar-refractivity contribution < 1.29 is 0 Å². The molecule has 1 atom stereocenters. The van der Waals surface area contributed by atoms with Crippen LogP contribution in [0.1, 0.15) is 108 Å². The van der Waals surface area contributed by atoms with Gasteiger partial charge in [-0.3, -0.25) is 0 Å². The predicted molar refractivity (Wildman–Crippen MR) is 378 cm³/mol. The number of hydrogen-bond donors (Lipinski definition) is 0. The summed E-state index contributed by atoms with van der Waals surface area (Å²) in [6.45, 7) is 19.3. The largest absolute Gasteiger partial charge is 0.208 e. The van der Waals surface area contributed by atoms with E-state index in [-0.39, 0.29) is 27.6 Å². The first-order valence-electron chi connectivity index (χ1n) is 31.5. The Balaban J connectivity index is 0.785. The SMILES string of the molecule is CC1(C)CCC(C)(C)c2cc(-c3nc(-c4cccc5c4sc4ccccc45)nc(-c4cccc5c4sc4ccc(C6CC(C)(C)c7cc(-c8nc(-c9ccccc9)nc(-c9cc(-c%10ccccc%10)cc(-c%10ccccc%10)c9)n8)ccc7C6(C)C)cc45)n3)ccc21. The number of nitrogens with zero attached hydrogens (tertiary/aromatic N) is 6. The summed E-state index contributed by atoms with van der Waals surface area (Å²) < 4.78 is 4.87. The van der Waals surface area contributed by atoms with Gasteiger partial charge in [-0.05, 0) is 158 Å². The summed E-state index contributed by atoms with van der Waals surface area (Å²) in [7, 11) is 0. The van der Waals surface area contributed by atoms with Gasteiger partial charge < -0.3 is 0 Å². The van der Waals surface area contributed by atoms with Crippen molar-refractivity contribution >= 4 is 63.0 Å². The average molecular weight is 1200 g/mol. The predicted octanol–water partition coefficient (Wildman–Crippen LogP) is 22.2. The molecule has 1 unspecified atom stereocenters. The molecular weight excluding hydrogens is 1130 g/mol. The fourth-order valence-electron chi connectivity index (χ4n) is 14.7. The van der Waals surface area contributed by atoms with Crippen LogP contribution in [-0.2, 0) is 21.7 Å². The minimum atomic E-state index is -0.212. The second-order valence-electron chi connectivity index (χ2n) is 27.5. The lowest BCUT2D eigenvalue weighted by Crippen LogP contribution is -2.40. The zero-order chi connectivity index (χ0) is 61.3. The van der Waals surface area contributed by atoms with E-state index in [1.54, 1.807) is 0 Å². The quantitative estimate of drug-likeness (QED) is 0.143. The van der Waals surface area contributed by atoms with Crippen molar-refractivity contribution in [3.8, 4) is 90.6 Å². The van der Waals surface area contributed by atoms with Gasteiger partial charge in [0.1, 0.15) is 0 Å². The highest BCUT2D eigenvalue weighted by Crippen LogP contribution is 2.55. The van der Waals surface area contributed by atoms with E-state index in [1.165, 1.54) is 68.2 Å². The normalized spacial score (nSPS) is 16.3. The van der Waals surface area contributed by atoms with Crippen molar-refractivity contribution in [2.75, 3.05) is 0 Å². The third-order valence-electron chi connectivity index (χ3n) is 19.9. The molecule has 0 aliphatic heterocycles. The van der Waals surface area contributed by atoms with Crippen molar-refractivity contribution in [3.63, 3.8) is 0 Å². The van der Waals surface area contributed by atoms with Crippen LogP contribution in [0.2, 0.25) is 0 Å². The molecule has 438 valence electrons. The van der Waals surface area contributed by atoms with Gasteiger partial charge in [0, 0.05) is 73.7 Å². The standard InChI is InChI=1S/C82H68N6S2/c1-79(2)40-41-80(3,4)66-46-53(34-37-64(66)79)75-86-77(61-31-20-29-59-58-28-18-19-33-69(58)89-71(59)61)88-78(87-75)62-32-21-30-60-63-45-52(36-39-70(63)90-72(60)62)68-48-81(5,6)67-47-54(35-38-65(67)82(68,7)8)74-83-73(51-26-16-11-17-27-51)84-76(85-74)57-43-55(49-22-12-9-13-23-49)42-56(44-57)50-24-14-10-15-25-50/h9-39,42-47,68H,40-41,48H2,1-8H3. The van der Waals surface area contributed by atoms with E-state index in [1.807, 2.05) is 40.9 Å². The molecule has 0 spiro atoms. The lowest BCUT2D eigenvalue weighted by molar-refractivity contribution is 0.283. The number of thiophene rings is 2. The van der Waals surface area contributed by atoms with Crippen LogP contribution in [0.4, 0.5) is 0 Å². The van der Waals surface area contributed by atoms with E-state index >= 15 is 0 Å². The Bertz CT molecular complexity index is 5120. The smallest absolute Gasteiger partial charge is 0.165 e. The maximum atomic E-state index is 5.50. The molecule has 2 aliphatic rings. The molecule has 14 aromatic rings. The Morgan fingerprint density at radius 3 is 1.32 bits per heavy atom. The number of hydrogen-bond acceptors (Lipinski definition) is 8. The molecule has 90 heavy (non-hydrogen) atoms. The van der Waals surface area contributed by atoms with Crippen LogP contribution >= 0.6 is 22.7 Å². The molecule has 0 bridgehead atoms. The highest BCUT2D eigenvalue weighted by Gasteiger charge is 2.45. The molecule has 16 rings (SSSR count). The lowest BCUT2D eigenvalue weighted by atomic mass is 9.56. The second-order valence-corrected chi connectivity index (χ2v) is 29.6. The Labute approximate surface area is 534 Å². The first-order chi connectivity index (χ1) is 43.5. The monoisotopic (exact) mass is 1200 g/mol. The topological polar surface area (TPSA) is 77.3 Å². The molecular formula is C82H68N6S2. The van der Waals surface area contributed by atoms with Gasteiger partial charge in [-0.15, -0.1) is 22.7 Å². The molecule has 6 nitrogen and oxygen atoms in total. The first kappa shape index (κ1) is 55.9. The zero-order valence-electron chi connectivity index (χ0n) is 52.1. The van der Waals surface area contributed by atoms with Gasteiger partial charge in [-0.1, -0.05) is 219 Å². The van der Waals surface area contributed by atoms with Crippen molar-refractivity contribution in [2.24, 2.45) is 0 Å². The summed E-state index contributed by atoms with van der Waals surface area (Å²) in [5.41, 5.74) is 17.0. The Morgan fingerprint density at radius 2 is 0.733 bits per heavy atom. The van der Waals surface area contributed by atoms with Gasteiger partial charge in [0.05, 0.1) is 0 Å². The Hall–Kier alpha value is -9.34. The molecule has 0 saturated heterocycles. The van der Waals surface area contributed by atoms with Crippen LogP contribution in [0.3, 0.4) is 0 Å². The van der Waals surface area contributed by atoms with Gasteiger partial charge in [-0.2, -0.15) is 0 Å². The summed E-state index contributed by atoms with van der Waals surface area (Å²) in [5, 5.41) is 4.96. The summed E-state index contributed by atoms with van der Waals surface area (Å²) in [6, 6.07) is 81.3. The highest BCUT2D eigenvalue weighted by molar-refractivity contribution is 7.26. The van der Waals surface area contributed by atoms with Gasteiger partial charge in [0.2, 0.25) is 0 Å².